The number of aryl methyl sites for hydroxylation is 1. The highest BCUT2D eigenvalue weighted by Crippen LogP contribution is 2.55. The van der Waals surface area contributed by atoms with Gasteiger partial charge in [-0.2, -0.15) is 0 Å². The summed E-state index contributed by atoms with van der Waals surface area (Å²) < 4.78 is 12.4. The SMILES string of the molecule is COC[C@@H]1[C@@H](c2cc(CCC(=O)/C=C/CCC3CCCC3)cc(OC3CCCC3)c2O)[C@@H]2C[C@H](C)CCC2=C[C@H]1CCN=C(N)N. The lowest BCUT2D eigenvalue weighted by Crippen LogP contribution is -2.38. The lowest BCUT2D eigenvalue weighted by molar-refractivity contribution is -0.114. The number of hydrogen-bond donors (Lipinski definition) is 3. The monoisotopic (exact) mass is 633 g/mol. The number of carbonyl (C=O) groups is 1. The Kier molecular flexibility index (Phi) is 12.6. The third kappa shape index (κ3) is 9.17. The maximum absolute atomic E-state index is 13.0. The molecule has 0 unspecified atom stereocenters. The van der Waals surface area contributed by atoms with E-state index in [-0.39, 0.29) is 41.3 Å². The van der Waals surface area contributed by atoms with Crippen molar-refractivity contribution in [2.24, 2.45) is 46.0 Å². The van der Waals surface area contributed by atoms with Crippen LogP contribution in [0.5, 0.6) is 11.5 Å². The van der Waals surface area contributed by atoms with Crippen molar-refractivity contribution in [1.82, 2.24) is 0 Å². The summed E-state index contributed by atoms with van der Waals surface area (Å²) in [6.45, 7) is 3.49. The lowest BCUT2D eigenvalue weighted by Gasteiger charge is -2.46. The molecule has 1 aromatic rings. The fourth-order valence-electron chi connectivity index (χ4n) is 8.92. The second-order valence-electron chi connectivity index (χ2n) is 14.8. The number of aliphatic imine (C=N–C) groups is 1. The first-order valence-corrected chi connectivity index (χ1v) is 18.3. The maximum Gasteiger partial charge on any atom is 0.185 e. The molecular weight excluding hydrogens is 574 g/mol. The molecule has 5 rings (SSSR count). The van der Waals surface area contributed by atoms with E-state index in [0.29, 0.717) is 43.6 Å². The first-order valence-electron chi connectivity index (χ1n) is 18.3. The van der Waals surface area contributed by atoms with Gasteiger partial charge in [-0.15, -0.1) is 0 Å². The number of phenols is 1. The molecular formula is C39H59N3O4. The van der Waals surface area contributed by atoms with Gasteiger partial charge >= 0.3 is 0 Å². The summed E-state index contributed by atoms with van der Waals surface area (Å²) in [6.07, 6.45) is 23.6. The van der Waals surface area contributed by atoms with Crippen LogP contribution in [0.3, 0.4) is 0 Å². The molecule has 0 saturated heterocycles. The minimum absolute atomic E-state index is 0.0731. The third-order valence-electron chi connectivity index (χ3n) is 11.3. The summed E-state index contributed by atoms with van der Waals surface area (Å²) in [6, 6.07) is 4.18. The zero-order chi connectivity index (χ0) is 32.5. The highest BCUT2D eigenvalue weighted by molar-refractivity contribution is 5.89. The van der Waals surface area contributed by atoms with Crippen LogP contribution in [0.2, 0.25) is 0 Å². The Morgan fingerprint density at radius 3 is 2.57 bits per heavy atom. The molecule has 5 N–H and O–H groups in total. The van der Waals surface area contributed by atoms with Crippen molar-refractivity contribution in [2.75, 3.05) is 20.3 Å². The lowest BCUT2D eigenvalue weighted by atomic mass is 9.59. The highest BCUT2D eigenvalue weighted by atomic mass is 16.5. The number of carbonyl (C=O) groups excluding carboxylic acids is 1. The largest absolute Gasteiger partial charge is 0.504 e. The van der Waals surface area contributed by atoms with Crippen LogP contribution in [0.25, 0.3) is 0 Å². The summed E-state index contributed by atoms with van der Waals surface area (Å²) in [7, 11) is 1.77. The number of ketones is 1. The zero-order valence-electron chi connectivity index (χ0n) is 28.4. The van der Waals surface area contributed by atoms with E-state index in [1.807, 2.05) is 6.07 Å². The Balaban J connectivity index is 1.42. The number of nitrogens with zero attached hydrogens (tertiary/aromatic N) is 1. The number of phenolic OH excluding ortho intramolecular Hbond substituents is 1. The molecule has 3 fully saturated rings. The Bertz CT molecular complexity index is 1240. The van der Waals surface area contributed by atoms with Crippen molar-refractivity contribution >= 4 is 11.7 Å². The van der Waals surface area contributed by atoms with E-state index in [9.17, 15) is 9.90 Å². The predicted octanol–water partition coefficient (Wildman–Crippen LogP) is 7.74. The molecule has 4 aliphatic rings. The summed E-state index contributed by atoms with van der Waals surface area (Å²) in [5, 5.41) is 12.0. The summed E-state index contributed by atoms with van der Waals surface area (Å²) in [5.74, 6) is 3.36. The van der Waals surface area contributed by atoms with Crippen molar-refractivity contribution < 1.29 is 19.4 Å². The number of allylic oxidation sites excluding steroid dienone is 4. The van der Waals surface area contributed by atoms with Crippen LogP contribution in [-0.2, 0) is 16.0 Å². The molecule has 0 aromatic heterocycles. The van der Waals surface area contributed by atoms with Gasteiger partial charge in [0.25, 0.3) is 0 Å². The first-order chi connectivity index (χ1) is 22.3. The van der Waals surface area contributed by atoms with Gasteiger partial charge in [0.2, 0.25) is 0 Å². The van der Waals surface area contributed by atoms with Gasteiger partial charge in [0.1, 0.15) is 0 Å². The summed E-state index contributed by atoms with van der Waals surface area (Å²) >= 11 is 0. The van der Waals surface area contributed by atoms with Crippen LogP contribution in [0.4, 0.5) is 0 Å². The number of nitrogens with two attached hydrogens (primary N) is 2. The second kappa shape index (κ2) is 16.9. The number of rotatable bonds is 15. The molecule has 0 bridgehead atoms. The van der Waals surface area contributed by atoms with Crippen molar-refractivity contribution in [2.45, 2.75) is 122 Å². The van der Waals surface area contributed by atoms with E-state index in [4.69, 9.17) is 20.9 Å². The van der Waals surface area contributed by atoms with Crippen LogP contribution in [0.15, 0.2) is 40.9 Å². The summed E-state index contributed by atoms with van der Waals surface area (Å²) in [4.78, 5) is 17.3. The van der Waals surface area contributed by atoms with Gasteiger partial charge < -0.3 is 26.0 Å². The number of guanidine groups is 1. The van der Waals surface area contributed by atoms with Crippen LogP contribution < -0.4 is 16.2 Å². The molecule has 46 heavy (non-hydrogen) atoms. The van der Waals surface area contributed by atoms with Gasteiger partial charge in [0, 0.05) is 25.6 Å². The average molecular weight is 634 g/mol. The molecule has 7 heteroatoms. The van der Waals surface area contributed by atoms with Gasteiger partial charge in [-0.3, -0.25) is 9.79 Å². The fraction of sp³-hybridized carbons (Fsp3) is 0.692. The molecule has 5 atom stereocenters. The standard InChI is InChI=1S/C39H59N3O4/c1-26-15-17-29-24-30(19-20-42-39(40)41)35(25-45-2)37(33(29)21-26)34-22-28(23-36(38(34)44)46-32-13-7-8-14-32)16-18-31(43)12-6-5-11-27-9-3-4-10-27/h6,12,22-24,26-27,30,32-33,35,37,44H,3-5,7-11,13-21,25H2,1-2H3,(H4,40,41,42)/b12-6+/t26-,30-,33-,35+,37-/m1/s1. The topological polar surface area (TPSA) is 120 Å². The molecule has 4 aliphatic carbocycles. The second-order valence-corrected chi connectivity index (χ2v) is 14.8. The van der Waals surface area contributed by atoms with E-state index >= 15 is 0 Å². The van der Waals surface area contributed by atoms with Crippen LogP contribution in [0.1, 0.15) is 120 Å². The van der Waals surface area contributed by atoms with Gasteiger partial charge in [0.15, 0.2) is 23.2 Å². The molecule has 0 amide bonds. The van der Waals surface area contributed by atoms with E-state index in [1.165, 1.54) is 44.1 Å². The van der Waals surface area contributed by atoms with E-state index < -0.39 is 0 Å². The number of aromatic hydroxyl groups is 1. The number of ether oxygens (including phenoxy) is 2. The Hall–Kier alpha value is -2.80. The molecule has 1 aromatic carbocycles. The van der Waals surface area contributed by atoms with E-state index in [2.05, 4.69) is 30.1 Å². The zero-order valence-corrected chi connectivity index (χ0v) is 28.4. The number of hydrogen-bond acceptors (Lipinski definition) is 5. The molecule has 0 aliphatic heterocycles. The number of fused-ring (bicyclic) bond motifs is 1. The molecule has 3 saturated carbocycles. The van der Waals surface area contributed by atoms with Gasteiger partial charge in [0.05, 0.1) is 12.7 Å². The number of methoxy groups -OCH3 is 1. The van der Waals surface area contributed by atoms with Crippen LogP contribution >= 0.6 is 0 Å². The molecule has 254 valence electrons. The average Bonchev–Trinajstić information content (AvgIpc) is 3.75. The predicted molar refractivity (Wildman–Crippen MR) is 186 cm³/mol. The van der Waals surface area contributed by atoms with E-state index in [0.717, 1.165) is 68.4 Å². The van der Waals surface area contributed by atoms with Gasteiger partial charge in [-0.25, -0.2) is 0 Å². The molecule has 0 spiro atoms. The third-order valence-corrected chi connectivity index (χ3v) is 11.3. The molecule has 0 radical (unpaired) electrons. The summed E-state index contributed by atoms with van der Waals surface area (Å²) in [5.41, 5.74) is 14.9. The maximum atomic E-state index is 13.0. The highest BCUT2D eigenvalue weighted by Gasteiger charge is 2.44. The normalized spacial score (nSPS) is 27.1. The quantitative estimate of drug-likeness (QED) is 0.0786. The minimum atomic E-state index is 0.0731. The van der Waals surface area contributed by atoms with Gasteiger partial charge in [-0.05, 0) is 124 Å². The minimum Gasteiger partial charge on any atom is -0.504 e. The number of benzene rings is 1. The van der Waals surface area contributed by atoms with Crippen molar-refractivity contribution in [1.29, 1.82) is 0 Å². The Labute approximate surface area is 277 Å². The molecule has 7 nitrogen and oxygen atoms in total. The van der Waals surface area contributed by atoms with Gasteiger partial charge in [-0.1, -0.05) is 56.4 Å². The smallest absolute Gasteiger partial charge is 0.185 e. The van der Waals surface area contributed by atoms with Crippen molar-refractivity contribution in [3.05, 3.63) is 47.1 Å². The van der Waals surface area contributed by atoms with Crippen molar-refractivity contribution in [3.8, 4) is 11.5 Å². The Morgan fingerprint density at radius 2 is 1.83 bits per heavy atom. The van der Waals surface area contributed by atoms with E-state index in [1.54, 1.807) is 13.2 Å². The Morgan fingerprint density at radius 1 is 1.07 bits per heavy atom. The fourth-order valence-corrected chi connectivity index (χ4v) is 8.92. The van der Waals surface area contributed by atoms with Crippen molar-refractivity contribution in [3.63, 3.8) is 0 Å². The van der Waals surface area contributed by atoms with Crippen LogP contribution in [0, 0.1) is 29.6 Å². The van der Waals surface area contributed by atoms with Crippen LogP contribution in [-0.4, -0.2) is 43.2 Å². The molecule has 0 heterocycles. The first kappa shape index (κ1) is 34.5.